The molecule has 0 aliphatic carbocycles. The second-order valence-corrected chi connectivity index (χ2v) is 4.98. The maximum atomic E-state index is 11.1. The van der Waals surface area contributed by atoms with Crippen LogP contribution in [0.3, 0.4) is 0 Å². The number of hydrogen-bond acceptors (Lipinski definition) is 4. The Hall–Kier alpha value is -0.870. The van der Waals surface area contributed by atoms with Gasteiger partial charge in [-0.3, -0.25) is 4.79 Å². The van der Waals surface area contributed by atoms with Crippen LogP contribution in [0.5, 0.6) is 0 Å². The fraction of sp³-hybridized carbons (Fsp3) is 0.615. The van der Waals surface area contributed by atoms with Gasteiger partial charge in [0.1, 0.15) is 6.10 Å². The Labute approximate surface area is 107 Å². The van der Waals surface area contributed by atoms with Crippen molar-refractivity contribution in [2.75, 3.05) is 13.1 Å². The topological polar surface area (TPSA) is 38.3 Å². The number of thiophene rings is 1. The second kappa shape index (κ2) is 8.25. The highest BCUT2D eigenvalue weighted by Crippen LogP contribution is 2.26. The molecule has 0 fully saturated rings. The van der Waals surface area contributed by atoms with E-state index in [1.54, 1.807) is 11.3 Å². The van der Waals surface area contributed by atoms with Crippen molar-refractivity contribution in [3.8, 4) is 0 Å². The van der Waals surface area contributed by atoms with Crippen molar-refractivity contribution < 1.29 is 9.53 Å². The first kappa shape index (κ1) is 14.2. The van der Waals surface area contributed by atoms with Crippen molar-refractivity contribution in [3.05, 3.63) is 22.4 Å². The number of esters is 1. The van der Waals surface area contributed by atoms with E-state index >= 15 is 0 Å². The zero-order valence-electron chi connectivity index (χ0n) is 10.6. The summed E-state index contributed by atoms with van der Waals surface area (Å²) >= 11 is 1.64. The van der Waals surface area contributed by atoms with Gasteiger partial charge in [-0.15, -0.1) is 11.3 Å². The van der Waals surface area contributed by atoms with Gasteiger partial charge in [-0.25, -0.2) is 0 Å². The van der Waals surface area contributed by atoms with Gasteiger partial charge in [0.05, 0.1) is 0 Å². The number of hydrogen-bond donors (Lipinski definition) is 1. The Balaban J connectivity index is 2.34. The maximum Gasteiger partial charge on any atom is 0.303 e. The van der Waals surface area contributed by atoms with E-state index in [0.29, 0.717) is 0 Å². The summed E-state index contributed by atoms with van der Waals surface area (Å²) in [5.41, 5.74) is 0. The molecule has 3 nitrogen and oxygen atoms in total. The molecule has 0 saturated heterocycles. The highest BCUT2D eigenvalue weighted by molar-refractivity contribution is 7.10. The average molecular weight is 255 g/mol. The highest BCUT2D eigenvalue weighted by Gasteiger charge is 2.15. The van der Waals surface area contributed by atoms with Gasteiger partial charge in [0.15, 0.2) is 0 Å². The molecule has 1 atom stereocenters. The van der Waals surface area contributed by atoms with Crippen LogP contribution in [0.1, 0.15) is 44.1 Å². The van der Waals surface area contributed by atoms with E-state index in [1.165, 1.54) is 6.92 Å². The first-order valence-corrected chi connectivity index (χ1v) is 7.03. The first-order valence-electron chi connectivity index (χ1n) is 6.15. The molecule has 0 radical (unpaired) electrons. The molecule has 1 N–H and O–H groups in total. The third kappa shape index (κ3) is 5.84. The van der Waals surface area contributed by atoms with Crippen molar-refractivity contribution in [1.29, 1.82) is 0 Å². The molecule has 0 bridgehead atoms. The van der Waals surface area contributed by atoms with Crippen molar-refractivity contribution in [3.63, 3.8) is 0 Å². The molecule has 0 aliphatic rings. The van der Waals surface area contributed by atoms with Gasteiger partial charge >= 0.3 is 5.97 Å². The molecule has 0 spiro atoms. The first-order chi connectivity index (χ1) is 8.24. The lowest BCUT2D eigenvalue weighted by molar-refractivity contribution is -0.146. The molecule has 1 unspecified atom stereocenters. The zero-order valence-corrected chi connectivity index (χ0v) is 11.4. The van der Waals surface area contributed by atoms with Crippen LogP contribution in [0.15, 0.2) is 17.5 Å². The molecule has 0 aliphatic heterocycles. The summed E-state index contributed by atoms with van der Waals surface area (Å²) in [6, 6.07) is 4.02. The Morgan fingerprint density at radius 3 is 2.94 bits per heavy atom. The number of ether oxygens (including phenoxy) is 1. The molecule has 4 heteroatoms. The normalized spacial score (nSPS) is 12.4. The molecule has 0 amide bonds. The summed E-state index contributed by atoms with van der Waals surface area (Å²) in [6.07, 6.45) is 2.99. The summed E-state index contributed by atoms with van der Waals surface area (Å²) in [6.45, 7) is 5.66. The third-order valence-electron chi connectivity index (χ3n) is 2.42. The predicted molar refractivity (Wildman–Crippen MR) is 71.2 cm³/mol. The number of carbonyl (C=O) groups is 1. The minimum Gasteiger partial charge on any atom is -0.457 e. The summed E-state index contributed by atoms with van der Waals surface area (Å²) < 4.78 is 5.34. The Kier molecular flexibility index (Phi) is 6.89. The van der Waals surface area contributed by atoms with Crippen LogP contribution in [0.4, 0.5) is 0 Å². The van der Waals surface area contributed by atoms with Crippen LogP contribution in [-0.2, 0) is 9.53 Å². The van der Waals surface area contributed by atoms with Crippen LogP contribution in [-0.4, -0.2) is 19.1 Å². The van der Waals surface area contributed by atoms with Crippen LogP contribution in [0, 0.1) is 0 Å². The summed E-state index contributed by atoms with van der Waals surface area (Å²) in [5.74, 6) is -0.204. The van der Waals surface area contributed by atoms with Gasteiger partial charge in [-0.2, -0.15) is 0 Å². The number of carbonyl (C=O) groups excluding carboxylic acids is 1. The monoisotopic (exact) mass is 255 g/mol. The van der Waals surface area contributed by atoms with Crippen molar-refractivity contribution >= 4 is 17.3 Å². The van der Waals surface area contributed by atoms with Crippen LogP contribution >= 0.6 is 11.3 Å². The fourth-order valence-corrected chi connectivity index (χ4v) is 2.44. The Bertz CT molecular complexity index is 311. The Morgan fingerprint density at radius 2 is 2.35 bits per heavy atom. The highest BCUT2D eigenvalue weighted by atomic mass is 32.1. The molecule has 1 aromatic rings. The second-order valence-electron chi connectivity index (χ2n) is 4.01. The van der Waals surface area contributed by atoms with Crippen molar-refractivity contribution in [1.82, 2.24) is 5.32 Å². The van der Waals surface area contributed by atoms with Gasteiger partial charge in [-0.05, 0) is 43.8 Å². The number of rotatable bonds is 8. The maximum absolute atomic E-state index is 11.1. The number of nitrogens with one attached hydrogen (secondary N) is 1. The van der Waals surface area contributed by atoms with Crippen molar-refractivity contribution in [2.45, 2.75) is 39.2 Å². The summed E-state index contributed by atoms with van der Waals surface area (Å²) in [5, 5.41) is 5.37. The fourth-order valence-electron chi connectivity index (χ4n) is 1.65. The van der Waals surface area contributed by atoms with E-state index in [-0.39, 0.29) is 12.1 Å². The van der Waals surface area contributed by atoms with Crippen LogP contribution < -0.4 is 5.32 Å². The van der Waals surface area contributed by atoms with Gasteiger partial charge in [-0.1, -0.05) is 13.0 Å². The molecule has 0 aromatic carbocycles. The Morgan fingerprint density at radius 1 is 1.53 bits per heavy atom. The van der Waals surface area contributed by atoms with E-state index in [4.69, 9.17) is 4.74 Å². The van der Waals surface area contributed by atoms with E-state index in [2.05, 4.69) is 12.2 Å². The molecule has 96 valence electrons. The molecule has 1 aromatic heterocycles. The van der Waals surface area contributed by atoms with E-state index in [0.717, 1.165) is 37.2 Å². The van der Waals surface area contributed by atoms with Gasteiger partial charge < -0.3 is 10.1 Å². The summed E-state index contributed by atoms with van der Waals surface area (Å²) in [4.78, 5) is 12.2. The van der Waals surface area contributed by atoms with Gasteiger partial charge in [0.2, 0.25) is 0 Å². The summed E-state index contributed by atoms with van der Waals surface area (Å²) in [7, 11) is 0. The smallest absolute Gasteiger partial charge is 0.303 e. The predicted octanol–water partition coefficient (Wildman–Crippen LogP) is 3.13. The largest absolute Gasteiger partial charge is 0.457 e. The molecule has 1 heterocycles. The van der Waals surface area contributed by atoms with E-state index in [1.807, 2.05) is 17.5 Å². The van der Waals surface area contributed by atoms with Crippen LogP contribution in [0.25, 0.3) is 0 Å². The molecular formula is C13H21NO2S. The zero-order chi connectivity index (χ0) is 12.5. The van der Waals surface area contributed by atoms with Crippen molar-refractivity contribution in [2.24, 2.45) is 0 Å². The molecule has 17 heavy (non-hydrogen) atoms. The molecule has 0 saturated carbocycles. The SMILES string of the molecule is CCCNCCCC(OC(C)=O)c1cccs1. The molecule has 1 rings (SSSR count). The quantitative estimate of drug-likeness (QED) is 0.573. The minimum atomic E-state index is -0.204. The lowest BCUT2D eigenvalue weighted by atomic mass is 10.1. The average Bonchev–Trinajstić information content (AvgIpc) is 2.80. The third-order valence-corrected chi connectivity index (χ3v) is 3.38. The standard InChI is InChI=1S/C13H21NO2S/c1-3-8-14-9-4-6-12(16-11(2)15)13-7-5-10-17-13/h5,7,10,12,14H,3-4,6,8-9H2,1-2H3. The van der Waals surface area contributed by atoms with Crippen LogP contribution in [0.2, 0.25) is 0 Å². The van der Waals surface area contributed by atoms with E-state index < -0.39 is 0 Å². The van der Waals surface area contributed by atoms with E-state index in [9.17, 15) is 4.79 Å². The van der Waals surface area contributed by atoms with Gasteiger partial charge in [0.25, 0.3) is 0 Å². The lowest BCUT2D eigenvalue weighted by Crippen LogP contribution is -2.17. The van der Waals surface area contributed by atoms with Gasteiger partial charge in [0, 0.05) is 11.8 Å². The molecular weight excluding hydrogens is 234 g/mol. The lowest BCUT2D eigenvalue weighted by Gasteiger charge is -2.15. The minimum absolute atomic E-state index is 0.0732.